The van der Waals surface area contributed by atoms with E-state index < -0.39 is 15.9 Å². The monoisotopic (exact) mass is 564 g/mol. The molecule has 0 aromatic heterocycles. The van der Waals surface area contributed by atoms with E-state index in [1.165, 1.54) is 26.0 Å². The molecule has 4 N–H and O–H groups in total. The van der Waals surface area contributed by atoms with Crippen molar-refractivity contribution in [3.63, 3.8) is 0 Å². The lowest BCUT2D eigenvalue weighted by Crippen LogP contribution is -2.47. The van der Waals surface area contributed by atoms with Crippen LogP contribution < -0.4 is 16.0 Å². The van der Waals surface area contributed by atoms with E-state index in [0.717, 1.165) is 16.1 Å². The Morgan fingerprint density at radius 2 is 1.62 bits per heavy atom. The fourth-order valence-corrected chi connectivity index (χ4v) is 3.94. The molecule has 1 aromatic rings. The molecule has 1 aromatic carbocycles. The van der Waals surface area contributed by atoms with Gasteiger partial charge in [-0.05, 0) is 18.6 Å². The largest absolute Gasteiger partial charge is 0.516 e. The van der Waals surface area contributed by atoms with Gasteiger partial charge >= 0.3 is 6.03 Å². The highest BCUT2D eigenvalue weighted by atomic mass is 32.2. The summed E-state index contributed by atoms with van der Waals surface area (Å²) in [6.45, 7) is 13.4. The minimum atomic E-state index is -3.72. The van der Waals surface area contributed by atoms with E-state index in [1.54, 1.807) is 31.2 Å². The molecule has 0 spiro atoms. The van der Waals surface area contributed by atoms with Crippen LogP contribution in [-0.4, -0.2) is 55.9 Å². The Kier molecular flexibility index (Phi) is 23.0. The molecule has 1 aliphatic rings. The Morgan fingerprint density at radius 3 is 2.18 bits per heavy atom. The Bertz CT molecular complexity index is 1000. The lowest BCUT2D eigenvalue weighted by atomic mass is 10.2. The maximum atomic E-state index is 12.6. The second-order valence-corrected chi connectivity index (χ2v) is 10.6. The van der Waals surface area contributed by atoms with Gasteiger partial charge in [0.2, 0.25) is 15.9 Å². The van der Waals surface area contributed by atoms with Gasteiger partial charge in [-0.25, -0.2) is 13.2 Å². The smallest absolute Gasteiger partial charge is 0.315 e. The first kappa shape index (κ1) is 37.8. The second-order valence-electron chi connectivity index (χ2n) is 8.53. The summed E-state index contributed by atoms with van der Waals surface area (Å²) in [5.41, 5.74) is 0.980. The van der Waals surface area contributed by atoms with Gasteiger partial charge < -0.3 is 21.1 Å². The zero-order valence-corrected chi connectivity index (χ0v) is 25.1. The van der Waals surface area contributed by atoms with Gasteiger partial charge in [-0.15, -0.1) is 0 Å². The third-order valence-corrected chi connectivity index (χ3v) is 6.25. The third-order valence-electron chi connectivity index (χ3n) is 4.34. The van der Waals surface area contributed by atoms with Gasteiger partial charge in [0, 0.05) is 32.6 Å². The van der Waals surface area contributed by atoms with E-state index in [-0.39, 0.29) is 36.5 Å². The SMILES string of the molecule is C=CO.CC(CNC(=O)NCc1ccccc1)NC(=O)CN(C)S(=O)(=O)C1=CC=CC=CC1.CCC.CCC. The van der Waals surface area contributed by atoms with Crippen molar-refractivity contribution in [1.29, 1.82) is 0 Å². The van der Waals surface area contributed by atoms with Crippen LogP contribution >= 0.6 is 0 Å². The van der Waals surface area contributed by atoms with Crippen LogP contribution in [-0.2, 0) is 21.4 Å². The third kappa shape index (κ3) is 19.4. The van der Waals surface area contributed by atoms with E-state index in [0.29, 0.717) is 6.54 Å². The van der Waals surface area contributed by atoms with Gasteiger partial charge in [0.15, 0.2) is 0 Å². The molecule has 2 rings (SSSR count). The number of urea groups is 1. The van der Waals surface area contributed by atoms with Crippen LogP contribution in [0.15, 0.2) is 78.5 Å². The van der Waals surface area contributed by atoms with E-state index >= 15 is 0 Å². The molecule has 3 amide bonds. The number of aliphatic hydroxyl groups is 1. The standard InChI is InChI=1S/C21H28N4O4S.2C3H8.C2H4O/c1-17(14-22-21(27)23-15-18-10-6-5-7-11-18)24-20(26)16-25(2)30(28,29)19-12-8-3-4-9-13-19;2*1-3-2;1-2-3/h3-12,17H,13-16H2,1-2H3,(H,24,26)(H2,22,23,27);2*3H2,1-2H3;2-3H,1H2. The average Bonchev–Trinajstić information content (AvgIpc) is 3.18. The Labute approximate surface area is 235 Å². The molecule has 0 saturated carbocycles. The van der Waals surface area contributed by atoms with Crippen molar-refractivity contribution >= 4 is 22.0 Å². The maximum absolute atomic E-state index is 12.6. The number of aliphatic hydroxyl groups excluding tert-OH is 1. The quantitative estimate of drug-likeness (QED) is 0.308. The van der Waals surface area contributed by atoms with Gasteiger partial charge in [-0.2, -0.15) is 4.31 Å². The first-order chi connectivity index (χ1) is 18.5. The molecule has 1 atom stereocenters. The number of carbonyl (C=O) groups is 2. The highest BCUT2D eigenvalue weighted by Crippen LogP contribution is 2.17. The zero-order chi connectivity index (χ0) is 30.1. The number of rotatable bonds is 9. The normalized spacial score (nSPS) is 12.4. The van der Waals surface area contributed by atoms with E-state index in [1.807, 2.05) is 30.3 Å². The van der Waals surface area contributed by atoms with Crippen LogP contribution in [0.2, 0.25) is 0 Å². The fraction of sp³-hybridized carbons (Fsp3) is 0.448. The van der Waals surface area contributed by atoms with Crippen LogP contribution in [0.5, 0.6) is 0 Å². The van der Waals surface area contributed by atoms with Gasteiger partial charge in [0.1, 0.15) is 0 Å². The van der Waals surface area contributed by atoms with Crippen LogP contribution in [0.25, 0.3) is 0 Å². The minimum Gasteiger partial charge on any atom is -0.516 e. The summed E-state index contributed by atoms with van der Waals surface area (Å²) in [5.74, 6) is -0.444. The van der Waals surface area contributed by atoms with Crippen LogP contribution in [0.3, 0.4) is 0 Å². The number of nitrogens with one attached hydrogen (secondary N) is 3. The van der Waals surface area contributed by atoms with Crippen molar-refractivity contribution in [3.8, 4) is 0 Å². The molecule has 0 saturated heterocycles. The van der Waals surface area contributed by atoms with Gasteiger partial charge in [-0.3, -0.25) is 4.79 Å². The molecule has 0 aliphatic heterocycles. The summed E-state index contributed by atoms with van der Waals surface area (Å²) < 4.78 is 26.2. The molecule has 39 heavy (non-hydrogen) atoms. The van der Waals surface area contributed by atoms with Crippen LogP contribution in [0.4, 0.5) is 4.79 Å². The van der Waals surface area contributed by atoms with E-state index in [4.69, 9.17) is 5.11 Å². The number of allylic oxidation sites excluding steroid dienone is 6. The number of sulfonamides is 1. The summed E-state index contributed by atoms with van der Waals surface area (Å²) in [7, 11) is -2.36. The molecule has 0 bridgehead atoms. The van der Waals surface area contributed by atoms with Crippen LogP contribution in [0, 0.1) is 0 Å². The fourth-order valence-electron chi connectivity index (χ4n) is 2.69. The van der Waals surface area contributed by atoms with Crippen molar-refractivity contribution < 1.29 is 23.1 Å². The van der Waals surface area contributed by atoms with Crippen molar-refractivity contribution in [2.24, 2.45) is 0 Å². The lowest BCUT2D eigenvalue weighted by Gasteiger charge is -2.20. The number of likely N-dealkylation sites (N-methyl/N-ethyl adjacent to an activating group) is 1. The molecule has 10 heteroatoms. The molecule has 0 heterocycles. The highest BCUT2D eigenvalue weighted by Gasteiger charge is 2.25. The van der Waals surface area contributed by atoms with Gasteiger partial charge in [0.25, 0.3) is 0 Å². The molecule has 9 nitrogen and oxygen atoms in total. The predicted octanol–water partition coefficient (Wildman–Crippen LogP) is 5.17. The molecule has 220 valence electrons. The zero-order valence-electron chi connectivity index (χ0n) is 24.3. The summed E-state index contributed by atoms with van der Waals surface area (Å²) in [4.78, 5) is 24.3. The molecule has 1 aliphatic carbocycles. The first-order valence-electron chi connectivity index (χ1n) is 13.1. The van der Waals surface area contributed by atoms with Crippen molar-refractivity contribution in [2.75, 3.05) is 20.1 Å². The number of carbonyl (C=O) groups excluding carboxylic acids is 2. The Morgan fingerprint density at radius 1 is 1.05 bits per heavy atom. The Balaban J connectivity index is 0. The highest BCUT2D eigenvalue weighted by molar-refractivity contribution is 7.93. The van der Waals surface area contributed by atoms with Crippen molar-refractivity contribution in [3.05, 3.63) is 84.0 Å². The lowest BCUT2D eigenvalue weighted by molar-refractivity contribution is -0.121. The van der Waals surface area contributed by atoms with Gasteiger partial charge in [0.05, 0.1) is 17.7 Å². The van der Waals surface area contributed by atoms with Crippen molar-refractivity contribution in [2.45, 2.75) is 66.5 Å². The minimum absolute atomic E-state index is 0.212. The second kappa shape index (κ2) is 23.7. The van der Waals surface area contributed by atoms with Gasteiger partial charge in [-0.1, -0.05) is 102 Å². The van der Waals surface area contributed by atoms with E-state index in [2.05, 4.69) is 50.2 Å². The number of hydrogen-bond acceptors (Lipinski definition) is 5. The summed E-state index contributed by atoms with van der Waals surface area (Å²) in [5, 5.41) is 15.4. The first-order valence-corrected chi connectivity index (χ1v) is 14.6. The number of nitrogens with zero attached hydrogens (tertiary/aromatic N) is 1. The molecule has 0 radical (unpaired) electrons. The number of hydrogen-bond donors (Lipinski definition) is 4. The summed E-state index contributed by atoms with van der Waals surface area (Å²) in [6.07, 6.45) is 12.0. The summed E-state index contributed by atoms with van der Waals surface area (Å²) in [6, 6.07) is 8.79. The Hall–Kier alpha value is -3.37. The van der Waals surface area contributed by atoms with E-state index in [9.17, 15) is 18.0 Å². The topological polar surface area (TPSA) is 128 Å². The number of benzene rings is 1. The summed E-state index contributed by atoms with van der Waals surface area (Å²) >= 11 is 0. The predicted molar refractivity (Wildman–Crippen MR) is 162 cm³/mol. The molecular formula is C29H48N4O5S. The molecular weight excluding hydrogens is 516 g/mol. The van der Waals surface area contributed by atoms with Crippen LogP contribution in [0.1, 0.15) is 59.4 Å². The molecule has 0 fully saturated rings. The molecule has 1 unspecified atom stereocenters. The van der Waals surface area contributed by atoms with Crippen molar-refractivity contribution in [1.82, 2.24) is 20.3 Å². The average molecular weight is 565 g/mol. The maximum Gasteiger partial charge on any atom is 0.315 e. The number of amides is 3.